The Morgan fingerprint density at radius 3 is 2.62 bits per heavy atom. The van der Waals surface area contributed by atoms with E-state index in [9.17, 15) is 4.79 Å². The molecule has 0 N–H and O–H groups in total. The average molecular weight is 224 g/mol. The van der Waals surface area contributed by atoms with Gasteiger partial charge in [0.2, 0.25) is 0 Å². The number of carbonyl (C=O) groups excluding carboxylic acids is 1. The van der Waals surface area contributed by atoms with Crippen molar-refractivity contribution in [1.29, 1.82) is 0 Å². The maximum Gasteiger partial charge on any atom is 0.410 e. The fourth-order valence-corrected chi connectivity index (χ4v) is 1.60. The van der Waals surface area contributed by atoms with Gasteiger partial charge in [-0.25, -0.2) is 4.79 Å². The number of hydrogen-bond acceptors (Lipinski definition) is 5. The van der Waals surface area contributed by atoms with E-state index in [1.54, 1.807) is 4.90 Å². The maximum atomic E-state index is 11.6. The number of amides is 1. The van der Waals surface area contributed by atoms with Gasteiger partial charge in [0.15, 0.2) is 0 Å². The fraction of sp³-hybridized carbons (Fsp3) is 0.800. The zero-order valence-corrected chi connectivity index (χ0v) is 9.80. The maximum absolute atomic E-state index is 11.6. The first-order chi connectivity index (χ1) is 7.46. The number of likely N-dealkylation sites (tertiary alicyclic amines) is 1. The normalized spacial score (nSPS) is 20.7. The van der Waals surface area contributed by atoms with Gasteiger partial charge in [-0.3, -0.25) is 0 Å². The van der Waals surface area contributed by atoms with E-state index in [1.807, 2.05) is 20.8 Å². The van der Waals surface area contributed by atoms with Gasteiger partial charge in [-0.15, -0.1) is 5.10 Å². The molecular weight excluding hydrogens is 208 g/mol. The van der Waals surface area contributed by atoms with E-state index in [1.165, 1.54) is 0 Å². The van der Waals surface area contributed by atoms with E-state index in [-0.39, 0.29) is 6.09 Å². The van der Waals surface area contributed by atoms with Gasteiger partial charge in [0.05, 0.1) is 5.71 Å². The Bertz CT molecular complexity index is 350. The van der Waals surface area contributed by atoms with Crippen LogP contribution in [0.4, 0.5) is 4.79 Å². The first-order valence-corrected chi connectivity index (χ1v) is 5.37. The van der Waals surface area contributed by atoms with Gasteiger partial charge >= 0.3 is 6.09 Å². The molecule has 2 aliphatic heterocycles. The zero-order chi connectivity index (χ0) is 11.8. The topological polar surface area (TPSA) is 66.6 Å². The third-order valence-corrected chi connectivity index (χ3v) is 2.47. The summed E-state index contributed by atoms with van der Waals surface area (Å²) in [6.45, 7) is 7.49. The molecule has 6 heteroatoms. The van der Waals surface area contributed by atoms with Gasteiger partial charge in [0.25, 0.3) is 0 Å². The van der Waals surface area contributed by atoms with Crippen LogP contribution in [0, 0.1) is 5.92 Å². The van der Waals surface area contributed by atoms with Crippen LogP contribution in [-0.2, 0) is 4.74 Å². The molecule has 0 unspecified atom stereocenters. The smallest absolute Gasteiger partial charge is 0.410 e. The highest BCUT2D eigenvalue weighted by atomic mass is 16.6. The molecule has 1 fully saturated rings. The highest BCUT2D eigenvalue weighted by Crippen LogP contribution is 2.22. The number of carbonyl (C=O) groups is 1. The Kier molecular flexibility index (Phi) is 2.65. The second-order valence-electron chi connectivity index (χ2n) is 5.06. The second-order valence-corrected chi connectivity index (χ2v) is 5.06. The van der Waals surface area contributed by atoms with Crippen molar-refractivity contribution in [3.8, 4) is 0 Å². The highest BCUT2D eigenvalue weighted by Gasteiger charge is 2.37. The van der Waals surface area contributed by atoms with E-state index < -0.39 is 5.60 Å². The third-order valence-electron chi connectivity index (χ3n) is 2.47. The van der Waals surface area contributed by atoms with E-state index >= 15 is 0 Å². The van der Waals surface area contributed by atoms with E-state index in [0.29, 0.717) is 25.6 Å². The molecule has 0 atom stereocenters. The van der Waals surface area contributed by atoms with E-state index in [2.05, 4.69) is 15.4 Å². The Labute approximate surface area is 94.4 Å². The van der Waals surface area contributed by atoms with Crippen LogP contribution in [-0.4, -0.2) is 41.9 Å². The van der Waals surface area contributed by atoms with Crippen molar-refractivity contribution in [2.24, 2.45) is 21.4 Å². The predicted octanol–water partition coefficient (Wildman–Crippen LogP) is 1.68. The lowest BCUT2D eigenvalue weighted by Gasteiger charge is -2.39. The Balaban J connectivity index is 1.78. The van der Waals surface area contributed by atoms with Gasteiger partial charge in [0, 0.05) is 19.0 Å². The molecule has 16 heavy (non-hydrogen) atoms. The Morgan fingerprint density at radius 2 is 2.12 bits per heavy atom. The Morgan fingerprint density at radius 1 is 1.44 bits per heavy atom. The standard InChI is InChI=1S/C10H16N4O2/c1-10(2,3)16-9(15)14-5-7(6-14)8-4-11-13-12-8/h7H,4-6H2,1-3H3. The Hall–Kier alpha value is -1.46. The summed E-state index contributed by atoms with van der Waals surface area (Å²) in [6.07, 6.45) is -0.253. The van der Waals surface area contributed by atoms with Crippen LogP contribution in [0.25, 0.3) is 0 Å². The van der Waals surface area contributed by atoms with Crippen molar-refractivity contribution in [3.63, 3.8) is 0 Å². The summed E-state index contributed by atoms with van der Waals surface area (Å²) in [7, 11) is 0. The molecule has 1 saturated heterocycles. The molecule has 0 aromatic carbocycles. The van der Waals surface area contributed by atoms with Crippen molar-refractivity contribution < 1.29 is 9.53 Å². The van der Waals surface area contributed by atoms with Gasteiger partial charge in [-0.2, -0.15) is 5.11 Å². The van der Waals surface area contributed by atoms with Crippen molar-refractivity contribution in [1.82, 2.24) is 4.90 Å². The number of ether oxygens (including phenoxy) is 1. The molecule has 0 aliphatic carbocycles. The molecule has 0 saturated carbocycles. The number of hydrogen-bond donors (Lipinski definition) is 0. The SMILES string of the molecule is CC(C)(C)OC(=O)N1CC(C2=NN=NC2)C1. The van der Waals surface area contributed by atoms with Crippen LogP contribution < -0.4 is 0 Å². The van der Waals surface area contributed by atoms with Crippen LogP contribution >= 0.6 is 0 Å². The summed E-state index contributed by atoms with van der Waals surface area (Å²) >= 11 is 0. The van der Waals surface area contributed by atoms with E-state index in [0.717, 1.165) is 5.71 Å². The largest absolute Gasteiger partial charge is 0.444 e. The first-order valence-electron chi connectivity index (χ1n) is 5.37. The summed E-state index contributed by atoms with van der Waals surface area (Å²) in [5, 5.41) is 11.3. The van der Waals surface area contributed by atoms with Crippen LogP contribution in [0.5, 0.6) is 0 Å². The minimum atomic E-state index is -0.433. The average Bonchev–Trinajstić information content (AvgIpc) is 2.49. The molecule has 0 bridgehead atoms. The van der Waals surface area contributed by atoms with Crippen LogP contribution in [0.3, 0.4) is 0 Å². The minimum absolute atomic E-state index is 0.253. The summed E-state index contributed by atoms with van der Waals surface area (Å²) in [4.78, 5) is 13.3. The van der Waals surface area contributed by atoms with Crippen LogP contribution in [0.1, 0.15) is 20.8 Å². The molecule has 88 valence electrons. The second kappa shape index (κ2) is 3.84. The molecule has 2 aliphatic rings. The van der Waals surface area contributed by atoms with Crippen molar-refractivity contribution in [2.75, 3.05) is 19.6 Å². The zero-order valence-electron chi connectivity index (χ0n) is 9.80. The lowest BCUT2D eigenvalue weighted by atomic mass is 9.95. The van der Waals surface area contributed by atoms with Gasteiger partial charge in [-0.1, -0.05) is 0 Å². The fourth-order valence-electron chi connectivity index (χ4n) is 1.60. The first kappa shape index (κ1) is 11.0. The number of nitrogens with zero attached hydrogens (tertiary/aromatic N) is 4. The highest BCUT2D eigenvalue weighted by molar-refractivity contribution is 5.91. The van der Waals surface area contributed by atoms with Crippen LogP contribution in [0.15, 0.2) is 15.4 Å². The number of rotatable bonds is 1. The minimum Gasteiger partial charge on any atom is -0.444 e. The molecule has 2 heterocycles. The molecule has 6 nitrogen and oxygen atoms in total. The predicted molar refractivity (Wildman–Crippen MR) is 58.5 cm³/mol. The molecular formula is C10H16N4O2. The van der Waals surface area contributed by atoms with Gasteiger partial charge in [0.1, 0.15) is 12.1 Å². The van der Waals surface area contributed by atoms with Crippen molar-refractivity contribution in [2.45, 2.75) is 26.4 Å². The summed E-state index contributed by atoms with van der Waals surface area (Å²) in [6, 6.07) is 0. The van der Waals surface area contributed by atoms with Gasteiger partial charge < -0.3 is 9.64 Å². The summed E-state index contributed by atoms with van der Waals surface area (Å²) < 4.78 is 5.25. The third kappa shape index (κ3) is 2.37. The molecule has 1 amide bonds. The summed E-state index contributed by atoms with van der Waals surface area (Å²) in [5.74, 6) is 0.308. The van der Waals surface area contributed by atoms with E-state index in [4.69, 9.17) is 4.74 Å². The molecule has 0 aromatic rings. The quantitative estimate of drug-likeness (QED) is 0.680. The molecule has 2 rings (SSSR count). The van der Waals surface area contributed by atoms with Gasteiger partial charge in [-0.05, 0) is 26.0 Å². The lowest BCUT2D eigenvalue weighted by Crippen LogP contribution is -2.54. The van der Waals surface area contributed by atoms with Crippen LogP contribution in [0.2, 0.25) is 0 Å². The summed E-state index contributed by atoms with van der Waals surface area (Å²) in [5.41, 5.74) is 0.539. The van der Waals surface area contributed by atoms with Crippen molar-refractivity contribution >= 4 is 11.8 Å². The molecule has 0 radical (unpaired) electrons. The molecule has 0 aromatic heterocycles. The lowest BCUT2D eigenvalue weighted by molar-refractivity contribution is 0.00688. The van der Waals surface area contributed by atoms with Crippen molar-refractivity contribution in [3.05, 3.63) is 0 Å². The monoisotopic (exact) mass is 224 g/mol. The molecule has 0 spiro atoms.